The second kappa shape index (κ2) is 9.88. The molecule has 0 saturated heterocycles. The molecule has 0 atom stereocenters. The van der Waals surface area contributed by atoms with Gasteiger partial charge < -0.3 is 10.2 Å². The van der Waals surface area contributed by atoms with E-state index in [1.165, 1.54) is 0 Å². The average molecular weight is 401 g/mol. The minimum absolute atomic E-state index is 0.0412. The zero-order valence-electron chi connectivity index (χ0n) is 17.5. The molecule has 0 bridgehead atoms. The van der Waals surface area contributed by atoms with E-state index in [1.807, 2.05) is 97.9 Å². The van der Waals surface area contributed by atoms with Crippen LogP contribution in [0.1, 0.15) is 37.0 Å². The van der Waals surface area contributed by atoms with Gasteiger partial charge in [-0.15, -0.1) is 0 Å². The summed E-state index contributed by atoms with van der Waals surface area (Å²) >= 11 is 0. The average Bonchev–Trinajstić information content (AvgIpc) is 2.78. The van der Waals surface area contributed by atoms with Crippen LogP contribution in [0.25, 0.3) is 0 Å². The van der Waals surface area contributed by atoms with Gasteiger partial charge in [-0.2, -0.15) is 0 Å². The zero-order chi connectivity index (χ0) is 21.4. The van der Waals surface area contributed by atoms with Crippen LogP contribution in [-0.4, -0.2) is 23.3 Å². The second-order valence-corrected chi connectivity index (χ2v) is 7.58. The predicted molar refractivity (Wildman–Crippen MR) is 120 cm³/mol. The van der Waals surface area contributed by atoms with Crippen molar-refractivity contribution in [1.29, 1.82) is 0 Å². The Bertz CT molecular complexity index is 917. The molecule has 0 aliphatic heterocycles. The van der Waals surface area contributed by atoms with Gasteiger partial charge in [0, 0.05) is 26.4 Å². The van der Waals surface area contributed by atoms with E-state index in [2.05, 4.69) is 5.32 Å². The van der Waals surface area contributed by atoms with Crippen LogP contribution in [0.4, 0.5) is 0 Å². The third-order valence-electron chi connectivity index (χ3n) is 5.36. The van der Waals surface area contributed by atoms with Crippen LogP contribution < -0.4 is 5.32 Å². The van der Waals surface area contributed by atoms with Gasteiger partial charge in [0.25, 0.3) is 0 Å². The fraction of sp³-hybridized carbons (Fsp3) is 0.231. The first-order chi connectivity index (χ1) is 14.5. The van der Waals surface area contributed by atoms with E-state index in [1.54, 1.807) is 11.8 Å². The van der Waals surface area contributed by atoms with Crippen molar-refractivity contribution < 1.29 is 9.59 Å². The van der Waals surface area contributed by atoms with Crippen molar-refractivity contribution in [3.8, 4) is 0 Å². The second-order valence-electron chi connectivity index (χ2n) is 7.58. The molecule has 4 nitrogen and oxygen atoms in total. The van der Waals surface area contributed by atoms with Crippen LogP contribution in [0.15, 0.2) is 91.0 Å². The Labute approximate surface area is 178 Å². The molecule has 0 fully saturated rings. The number of carbonyl (C=O) groups excluding carboxylic acids is 2. The van der Waals surface area contributed by atoms with E-state index in [9.17, 15) is 9.59 Å². The smallest absolute Gasteiger partial charge is 0.222 e. The van der Waals surface area contributed by atoms with Crippen molar-refractivity contribution in [2.45, 2.75) is 32.4 Å². The van der Waals surface area contributed by atoms with E-state index < -0.39 is 5.54 Å². The highest BCUT2D eigenvalue weighted by Gasteiger charge is 2.30. The van der Waals surface area contributed by atoms with Crippen molar-refractivity contribution in [2.75, 3.05) is 6.54 Å². The third-order valence-corrected chi connectivity index (χ3v) is 5.36. The van der Waals surface area contributed by atoms with Crippen LogP contribution >= 0.6 is 0 Å². The SMILES string of the molecule is CC(=O)N(CCC(=O)NC(C)(c1ccccc1)c1ccccc1)Cc1ccccc1. The van der Waals surface area contributed by atoms with Crippen LogP contribution in [0.2, 0.25) is 0 Å². The number of hydrogen-bond donors (Lipinski definition) is 1. The molecule has 0 heterocycles. The van der Waals surface area contributed by atoms with Crippen molar-refractivity contribution >= 4 is 11.8 Å². The Kier molecular flexibility index (Phi) is 7.02. The molecule has 154 valence electrons. The van der Waals surface area contributed by atoms with E-state index >= 15 is 0 Å². The fourth-order valence-electron chi connectivity index (χ4n) is 3.58. The highest BCUT2D eigenvalue weighted by Crippen LogP contribution is 2.29. The summed E-state index contributed by atoms with van der Waals surface area (Å²) in [5, 5.41) is 3.21. The molecule has 3 rings (SSSR count). The summed E-state index contributed by atoms with van der Waals surface area (Å²) in [5.41, 5.74) is 2.42. The summed E-state index contributed by atoms with van der Waals surface area (Å²) in [7, 11) is 0. The fourth-order valence-corrected chi connectivity index (χ4v) is 3.58. The lowest BCUT2D eigenvalue weighted by Gasteiger charge is -2.32. The number of carbonyl (C=O) groups is 2. The van der Waals surface area contributed by atoms with Gasteiger partial charge in [0.05, 0.1) is 5.54 Å². The molecule has 0 saturated carbocycles. The Morgan fingerprint density at radius 3 is 1.73 bits per heavy atom. The normalized spacial score (nSPS) is 11.0. The lowest BCUT2D eigenvalue weighted by molar-refractivity contribution is -0.130. The van der Waals surface area contributed by atoms with E-state index in [0.29, 0.717) is 13.1 Å². The van der Waals surface area contributed by atoms with Crippen LogP contribution in [0.5, 0.6) is 0 Å². The number of nitrogens with one attached hydrogen (secondary N) is 1. The first-order valence-electron chi connectivity index (χ1n) is 10.2. The molecule has 1 N–H and O–H groups in total. The molecule has 2 amide bonds. The topological polar surface area (TPSA) is 49.4 Å². The largest absolute Gasteiger partial charge is 0.343 e. The van der Waals surface area contributed by atoms with Gasteiger partial charge >= 0.3 is 0 Å². The van der Waals surface area contributed by atoms with Gasteiger partial charge in [0.15, 0.2) is 0 Å². The number of hydrogen-bond acceptors (Lipinski definition) is 2. The van der Waals surface area contributed by atoms with Crippen LogP contribution in [-0.2, 0) is 21.7 Å². The van der Waals surface area contributed by atoms with E-state index in [0.717, 1.165) is 16.7 Å². The van der Waals surface area contributed by atoms with Gasteiger partial charge in [0.2, 0.25) is 11.8 Å². The van der Waals surface area contributed by atoms with Crippen LogP contribution in [0.3, 0.4) is 0 Å². The predicted octanol–water partition coefficient (Wildman–Crippen LogP) is 4.51. The summed E-state index contributed by atoms with van der Waals surface area (Å²) < 4.78 is 0. The molecule has 3 aromatic rings. The summed E-state index contributed by atoms with van der Waals surface area (Å²) in [4.78, 5) is 26.7. The monoisotopic (exact) mass is 400 g/mol. The molecule has 0 aliphatic carbocycles. The Hall–Kier alpha value is -3.40. The molecule has 0 unspecified atom stereocenters. The maximum Gasteiger partial charge on any atom is 0.222 e. The number of rotatable bonds is 8. The molecule has 4 heteroatoms. The minimum Gasteiger partial charge on any atom is -0.343 e. The first-order valence-corrected chi connectivity index (χ1v) is 10.2. The molecule has 0 spiro atoms. The summed E-state index contributed by atoms with van der Waals surface area (Å²) in [6, 6.07) is 29.7. The summed E-state index contributed by atoms with van der Waals surface area (Å²) in [6.45, 7) is 4.43. The minimum atomic E-state index is -0.653. The highest BCUT2D eigenvalue weighted by atomic mass is 16.2. The Balaban J connectivity index is 1.72. The summed E-state index contributed by atoms with van der Waals surface area (Å²) in [5.74, 6) is -0.134. The lowest BCUT2D eigenvalue weighted by Crippen LogP contribution is -2.45. The molecular weight excluding hydrogens is 372 g/mol. The van der Waals surface area contributed by atoms with Gasteiger partial charge in [-0.1, -0.05) is 91.0 Å². The quantitative estimate of drug-likeness (QED) is 0.605. The van der Waals surface area contributed by atoms with Gasteiger partial charge in [-0.3, -0.25) is 9.59 Å². The molecule has 0 aromatic heterocycles. The maximum atomic E-state index is 12.9. The van der Waals surface area contributed by atoms with Crippen molar-refractivity contribution in [3.05, 3.63) is 108 Å². The first kappa shape index (κ1) is 21.3. The summed E-state index contributed by atoms with van der Waals surface area (Å²) in [6.07, 6.45) is 0.238. The number of benzene rings is 3. The molecular formula is C26H28N2O2. The number of nitrogens with zero attached hydrogens (tertiary/aromatic N) is 1. The van der Waals surface area contributed by atoms with Gasteiger partial charge in [-0.05, 0) is 23.6 Å². The maximum absolute atomic E-state index is 12.9. The molecule has 3 aromatic carbocycles. The zero-order valence-corrected chi connectivity index (χ0v) is 17.5. The Morgan fingerprint density at radius 2 is 1.27 bits per heavy atom. The van der Waals surface area contributed by atoms with Crippen molar-refractivity contribution in [1.82, 2.24) is 10.2 Å². The van der Waals surface area contributed by atoms with Crippen molar-refractivity contribution in [2.24, 2.45) is 0 Å². The van der Waals surface area contributed by atoms with E-state index in [-0.39, 0.29) is 18.2 Å². The molecule has 0 aliphatic rings. The number of amides is 2. The van der Waals surface area contributed by atoms with E-state index in [4.69, 9.17) is 0 Å². The van der Waals surface area contributed by atoms with Crippen molar-refractivity contribution in [3.63, 3.8) is 0 Å². The van der Waals surface area contributed by atoms with Gasteiger partial charge in [0.1, 0.15) is 0 Å². The highest BCUT2D eigenvalue weighted by molar-refractivity contribution is 5.79. The third kappa shape index (κ3) is 5.35. The molecule has 0 radical (unpaired) electrons. The van der Waals surface area contributed by atoms with Crippen LogP contribution in [0, 0.1) is 0 Å². The van der Waals surface area contributed by atoms with Gasteiger partial charge in [-0.25, -0.2) is 0 Å². The lowest BCUT2D eigenvalue weighted by atomic mass is 9.84. The Morgan fingerprint density at radius 1 is 0.800 bits per heavy atom. The standard InChI is InChI=1S/C26H28N2O2/c1-21(29)28(20-22-12-6-3-7-13-22)19-18-25(30)27-26(2,23-14-8-4-9-15-23)24-16-10-5-11-17-24/h3-17H,18-20H2,1-2H3,(H,27,30). The molecule has 30 heavy (non-hydrogen) atoms.